The van der Waals surface area contributed by atoms with Gasteiger partial charge in [-0.25, -0.2) is 9.97 Å². The minimum atomic E-state index is -0.0589. The first kappa shape index (κ1) is 11.8. The second-order valence-corrected chi connectivity index (χ2v) is 4.89. The van der Waals surface area contributed by atoms with Gasteiger partial charge in [-0.15, -0.1) is 0 Å². The first-order valence-corrected chi connectivity index (χ1v) is 5.50. The fourth-order valence-electron chi connectivity index (χ4n) is 1.22. The van der Waals surface area contributed by atoms with Gasteiger partial charge in [0, 0.05) is 6.20 Å². The number of hydrogen-bond donors (Lipinski definition) is 1. The van der Waals surface area contributed by atoms with Crippen molar-refractivity contribution in [3.63, 3.8) is 0 Å². The van der Waals surface area contributed by atoms with Crippen molar-refractivity contribution in [3.05, 3.63) is 24.0 Å². The van der Waals surface area contributed by atoms with E-state index in [9.17, 15) is 0 Å². The molecule has 17 heavy (non-hydrogen) atoms. The molecular weight excluding hydrogens is 240 g/mol. The lowest BCUT2D eigenvalue weighted by atomic mass is 10.1. The van der Waals surface area contributed by atoms with E-state index in [4.69, 9.17) is 11.6 Å². The standard InChI is InChI=1S/C10H13ClN6/c1-10(2,3)17-5-7(4-14-17)15-9-13-6-12-8(11)16-9/h4-6H,1-3H3,(H,12,13,15,16). The third-order valence-corrected chi connectivity index (χ3v) is 2.25. The second kappa shape index (κ2) is 4.29. The third-order valence-electron chi connectivity index (χ3n) is 2.07. The molecule has 0 unspecified atom stereocenters. The van der Waals surface area contributed by atoms with Crippen LogP contribution in [-0.2, 0) is 5.54 Å². The van der Waals surface area contributed by atoms with E-state index < -0.39 is 0 Å². The predicted molar refractivity (Wildman–Crippen MR) is 65.3 cm³/mol. The Hall–Kier alpha value is -1.69. The van der Waals surface area contributed by atoms with E-state index in [1.807, 2.05) is 10.9 Å². The van der Waals surface area contributed by atoms with E-state index >= 15 is 0 Å². The van der Waals surface area contributed by atoms with Crippen LogP contribution in [0.1, 0.15) is 20.8 Å². The molecule has 0 bridgehead atoms. The molecular formula is C10H13ClN6. The molecule has 0 aliphatic heterocycles. The Morgan fingerprint density at radius 1 is 1.29 bits per heavy atom. The van der Waals surface area contributed by atoms with Crippen LogP contribution in [0, 0.1) is 0 Å². The first-order valence-electron chi connectivity index (χ1n) is 5.12. The fraction of sp³-hybridized carbons (Fsp3) is 0.400. The smallest absolute Gasteiger partial charge is 0.231 e. The third kappa shape index (κ3) is 2.91. The zero-order valence-corrected chi connectivity index (χ0v) is 10.6. The van der Waals surface area contributed by atoms with Gasteiger partial charge in [-0.3, -0.25) is 4.68 Å². The van der Waals surface area contributed by atoms with E-state index in [1.54, 1.807) is 6.20 Å². The summed E-state index contributed by atoms with van der Waals surface area (Å²) < 4.78 is 1.86. The lowest BCUT2D eigenvalue weighted by Crippen LogP contribution is -2.21. The maximum atomic E-state index is 5.67. The van der Waals surface area contributed by atoms with Crippen molar-refractivity contribution in [2.24, 2.45) is 0 Å². The maximum Gasteiger partial charge on any atom is 0.231 e. The van der Waals surface area contributed by atoms with Crippen molar-refractivity contribution in [1.82, 2.24) is 24.7 Å². The van der Waals surface area contributed by atoms with Gasteiger partial charge in [-0.2, -0.15) is 10.1 Å². The van der Waals surface area contributed by atoms with E-state index in [2.05, 4.69) is 46.1 Å². The Labute approximate surface area is 104 Å². The molecule has 2 aromatic rings. The summed E-state index contributed by atoms with van der Waals surface area (Å²) in [5.41, 5.74) is 0.749. The summed E-state index contributed by atoms with van der Waals surface area (Å²) in [5, 5.41) is 7.42. The SMILES string of the molecule is CC(C)(C)n1cc(Nc2ncnc(Cl)n2)cn1. The summed E-state index contributed by atoms with van der Waals surface area (Å²) in [6.07, 6.45) is 4.95. The van der Waals surface area contributed by atoms with Crippen molar-refractivity contribution in [2.75, 3.05) is 5.32 Å². The molecule has 0 radical (unpaired) electrons. The number of aromatic nitrogens is 5. The molecule has 0 aliphatic carbocycles. The van der Waals surface area contributed by atoms with Crippen molar-refractivity contribution in [2.45, 2.75) is 26.3 Å². The van der Waals surface area contributed by atoms with Gasteiger partial charge in [0.05, 0.1) is 17.4 Å². The van der Waals surface area contributed by atoms with E-state index in [0.29, 0.717) is 5.95 Å². The monoisotopic (exact) mass is 252 g/mol. The van der Waals surface area contributed by atoms with Gasteiger partial charge in [0.2, 0.25) is 11.2 Å². The van der Waals surface area contributed by atoms with Crippen molar-refractivity contribution < 1.29 is 0 Å². The topological polar surface area (TPSA) is 68.5 Å². The Morgan fingerprint density at radius 2 is 2.06 bits per heavy atom. The van der Waals surface area contributed by atoms with Crippen LogP contribution in [0.2, 0.25) is 5.28 Å². The van der Waals surface area contributed by atoms with Crippen molar-refractivity contribution in [1.29, 1.82) is 0 Å². The van der Waals surface area contributed by atoms with Gasteiger partial charge in [0.15, 0.2) is 0 Å². The maximum absolute atomic E-state index is 5.67. The van der Waals surface area contributed by atoms with Crippen LogP contribution in [0.3, 0.4) is 0 Å². The molecule has 7 heteroatoms. The average molecular weight is 253 g/mol. The average Bonchev–Trinajstić information content (AvgIpc) is 2.65. The quantitative estimate of drug-likeness (QED) is 0.888. The molecule has 90 valence electrons. The Morgan fingerprint density at radius 3 is 2.65 bits per heavy atom. The summed E-state index contributed by atoms with van der Waals surface area (Å²) in [4.78, 5) is 11.6. The molecule has 0 saturated heterocycles. The largest absolute Gasteiger partial charge is 0.321 e. The molecule has 2 rings (SSSR count). The number of hydrogen-bond acceptors (Lipinski definition) is 5. The number of halogens is 1. The first-order chi connectivity index (χ1) is 7.95. The van der Waals surface area contributed by atoms with Gasteiger partial charge in [0.1, 0.15) is 6.33 Å². The number of anilines is 2. The van der Waals surface area contributed by atoms with Gasteiger partial charge in [0.25, 0.3) is 0 Å². The number of rotatable bonds is 2. The summed E-state index contributed by atoms with van der Waals surface area (Å²) in [5.74, 6) is 0.401. The molecule has 2 heterocycles. The van der Waals surface area contributed by atoms with E-state index in [1.165, 1.54) is 6.33 Å². The highest BCUT2D eigenvalue weighted by Crippen LogP contribution is 2.17. The van der Waals surface area contributed by atoms with Gasteiger partial charge in [-0.1, -0.05) is 0 Å². The molecule has 0 aliphatic rings. The molecule has 0 amide bonds. The lowest BCUT2D eigenvalue weighted by molar-refractivity contribution is 0.355. The molecule has 0 atom stereocenters. The minimum Gasteiger partial charge on any atom is -0.321 e. The molecule has 0 saturated carbocycles. The zero-order chi connectivity index (χ0) is 12.5. The molecule has 0 spiro atoms. The molecule has 6 nitrogen and oxygen atoms in total. The molecule has 2 aromatic heterocycles. The lowest BCUT2D eigenvalue weighted by Gasteiger charge is -2.18. The molecule has 1 N–H and O–H groups in total. The van der Waals surface area contributed by atoms with Crippen LogP contribution in [0.4, 0.5) is 11.6 Å². The van der Waals surface area contributed by atoms with Crippen molar-refractivity contribution >= 4 is 23.2 Å². The number of nitrogens with one attached hydrogen (secondary N) is 1. The van der Waals surface area contributed by atoms with E-state index in [-0.39, 0.29) is 10.8 Å². The van der Waals surface area contributed by atoms with Crippen LogP contribution in [0.15, 0.2) is 18.7 Å². The van der Waals surface area contributed by atoms with Crippen LogP contribution in [0.5, 0.6) is 0 Å². The second-order valence-electron chi connectivity index (χ2n) is 4.55. The molecule has 0 fully saturated rings. The summed E-state index contributed by atoms with van der Waals surface area (Å²) in [7, 11) is 0. The van der Waals surface area contributed by atoms with Crippen LogP contribution in [-0.4, -0.2) is 24.7 Å². The minimum absolute atomic E-state index is 0.0589. The highest BCUT2D eigenvalue weighted by molar-refractivity contribution is 6.28. The summed E-state index contributed by atoms with van der Waals surface area (Å²) in [6.45, 7) is 6.22. The Balaban J connectivity index is 2.17. The number of nitrogens with zero attached hydrogens (tertiary/aromatic N) is 5. The summed E-state index contributed by atoms with van der Waals surface area (Å²) >= 11 is 5.67. The van der Waals surface area contributed by atoms with Crippen molar-refractivity contribution in [3.8, 4) is 0 Å². The van der Waals surface area contributed by atoms with Crippen LogP contribution < -0.4 is 5.32 Å². The Kier molecular flexibility index (Phi) is 2.97. The van der Waals surface area contributed by atoms with Gasteiger partial charge < -0.3 is 5.32 Å². The fourth-order valence-corrected chi connectivity index (χ4v) is 1.34. The normalized spacial score (nSPS) is 11.5. The highest BCUT2D eigenvalue weighted by atomic mass is 35.5. The highest BCUT2D eigenvalue weighted by Gasteiger charge is 2.14. The zero-order valence-electron chi connectivity index (χ0n) is 9.85. The Bertz CT molecular complexity index is 516. The van der Waals surface area contributed by atoms with Crippen LogP contribution >= 0.6 is 11.6 Å². The molecule has 0 aromatic carbocycles. The summed E-state index contributed by atoms with van der Waals surface area (Å²) in [6, 6.07) is 0. The van der Waals surface area contributed by atoms with Gasteiger partial charge in [-0.05, 0) is 32.4 Å². The van der Waals surface area contributed by atoms with Crippen LogP contribution in [0.25, 0.3) is 0 Å². The van der Waals surface area contributed by atoms with E-state index in [0.717, 1.165) is 5.69 Å². The predicted octanol–water partition coefficient (Wildman–Crippen LogP) is 2.22. The van der Waals surface area contributed by atoms with Gasteiger partial charge >= 0.3 is 0 Å².